The fourth-order valence-corrected chi connectivity index (χ4v) is 2.09. The molecule has 0 aliphatic carbocycles. The van der Waals surface area contributed by atoms with Crippen molar-refractivity contribution in [2.24, 2.45) is 0 Å². The fraction of sp³-hybridized carbons (Fsp3) is 0.250. The van der Waals surface area contributed by atoms with E-state index in [2.05, 4.69) is 15.9 Å². The van der Waals surface area contributed by atoms with Crippen LogP contribution >= 0.6 is 15.9 Å². The van der Waals surface area contributed by atoms with E-state index in [9.17, 15) is 4.79 Å². The van der Waals surface area contributed by atoms with Gasteiger partial charge in [-0.1, -0.05) is 0 Å². The molecule has 0 radical (unpaired) electrons. The van der Waals surface area contributed by atoms with Gasteiger partial charge in [-0.2, -0.15) is 0 Å². The van der Waals surface area contributed by atoms with E-state index in [1.54, 1.807) is 26.3 Å². The van der Waals surface area contributed by atoms with Crippen LogP contribution in [0.25, 0.3) is 5.52 Å². The van der Waals surface area contributed by atoms with Crippen LogP contribution in [0.4, 0.5) is 0 Å². The Morgan fingerprint density at radius 3 is 2.82 bits per heavy atom. The second kappa shape index (κ2) is 4.79. The summed E-state index contributed by atoms with van der Waals surface area (Å²) < 4.78 is 12.8. The zero-order chi connectivity index (χ0) is 12.4. The number of hydrogen-bond acceptors (Lipinski definition) is 3. The number of fused-ring (bicyclic) bond motifs is 1. The number of halogens is 1. The van der Waals surface area contributed by atoms with Gasteiger partial charge in [-0.3, -0.25) is 0 Å². The normalized spacial score (nSPS) is 10.5. The van der Waals surface area contributed by atoms with Gasteiger partial charge < -0.3 is 13.9 Å². The van der Waals surface area contributed by atoms with Crippen LogP contribution in [0, 0.1) is 0 Å². The van der Waals surface area contributed by atoms with Crippen molar-refractivity contribution in [3.63, 3.8) is 0 Å². The predicted molar refractivity (Wildman–Crippen MR) is 67.6 cm³/mol. The minimum atomic E-state index is -0.314. The minimum absolute atomic E-state index is 0.314. The smallest absolute Gasteiger partial charge is 0.339 e. The second-order valence-electron chi connectivity index (χ2n) is 3.47. The largest absolute Gasteiger partial charge is 0.494 e. The van der Waals surface area contributed by atoms with Gasteiger partial charge in [-0.05, 0) is 35.0 Å². The summed E-state index contributed by atoms with van der Waals surface area (Å²) in [5.74, 6) is 0.398. The molecule has 2 aromatic rings. The number of aromatic nitrogens is 1. The highest BCUT2D eigenvalue weighted by molar-refractivity contribution is 9.10. The number of pyridine rings is 1. The molecule has 0 bridgehead atoms. The highest BCUT2D eigenvalue weighted by atomic mass is 79.9. The lowest BCUT2D eigenvalue weighted by Gasteiger charge is -2.03. The maximum Gasteiger partial charge on any atom is 0.339 e. The molecule has 0 aliphatic rings. The van der Waals surface area contributed by atoms with Gasteiger partial charge in [0.1, 0.15) is 5.75 Å². The Morgan fingerprint density at radius 1 is 1.41 bits per heavy atom. The zero-order valence-corrected chi connectivity index (χ0v) is 11.2. The van der Waals surface area contributed by atoms with Crippen molar-refractivity contribution < 1.29 is 14.3 Å². The van der Waals surface area contributed by atoms with Crippen LogP contribution in [0.15, 0.2) is 29.0 Å². The van der Waals surface area contributed by atoms with Crippen LogP contribution < -0.4 is 4.74 Å². The molecule has 17 heavy (non-hydrogen) atoms. The van der Waals surface area contributed by atoms with Crippen molar-refractivity contribution in [1.82, 2.24) is 4.40 Å². The first kappa shape index (κ1) is 12.0. The Kier molecular flexibility index (Phi) is 3.38. The first-order valence-corrected chi connectivity index (χ1v) is 5.97. The topological polar surface area (TPSA) is 39.9 Å². The third kappa shape index (κ3) is 2.29. The first-order chi connectivity index (χ1) is 8.15. The highest BCUT2D eigenvalue weighted by Crippen LogP contribution is 2.27. The lowest BCUT2D eigenvalue weighted by Crippen LogP contribution is -2.02. The zero-order valence-electron chi connectivity index (χ0n) is 9.57. The van der Waals surface area contributed by atoms with E-state index in [0.29, 0.717) is 17.9 Å². The van der Waals surface area contributed by atoms with Gasteiger partial charge in [0.2, 0.25) is 0 Å². The van der Waals surface area contributed by atoms with Gasteiger partial charge in [0, 0.05) is 11.7 Å². The number of ether oxygens (including phenoxy) is 2. The molecule has 5 heteroatoms. The number of hydrogen-bond donors (Lipinski definition) is 0. The molecule has 0 aromatic carbocycles. The molecule has 4 nitrogen and oxygen atoms in total. The molecule has 2 aromatic heterocycles. The van der Waals surface area contributed by atoms with Crippen LogP contribution in [0.5, 0.6) is 5.75 Å². The Bertz CT molecular complexity index is 562. The van der Waals surface area contributed by atoms with Gasteiger partial charge in [0.15, 0.2) is 0 Å². The molecule has 0 fully saturated rings. The standard InChI is InChI=1S/C12H12BrNO3/c1-3-17-12(15)8-4-9-5-10(13)11(16-2)7-14(9)6-8/h4-7H,3H2,1-2H3. The summed E-state index contributed by atoms with van der Waals surface area (Å²) in [5.41, 5.74) is 1.44. The maximum absolute atomic E-state index is 11.6. The van der Waals surface area contributed by atoms with Gasteiger partial charge in [0.05, 0.1) is 29.9 Å². The Hall–Kier alpha value is -1.49. The first-order valence-electron chi connectivity index (χ1n) is 5.18. The van der Waals surface area contributed by atoms with E-state index in [1.807, 2.05) is 16.7 Å². The molecule has 0 atom stereocenters. The predicted octanol–water partition coefficient (Wildman–Crippen LogP) is 2.89. The molecular weight excluding hydrogens is 286 g/mol. The van der Waals surface area contributed by atoms with Gasteiger partial charge in [-0.25, -0.2) is 4.79 Å². The molecule has 0 aliphatic heterocycles. The van der Waals surface area contributed by atoms with Crippen molar-refractivity contribution in [2.45, 2.75) is 6.92 Å². The quantitative estimate of drug-likeness (QED) is 0.818. The van der Waals surface area contributed by atoms with E-state index < -0.39 is 0 Å². The van der Waals surface area contributed by atoms with E-state index in [0.717, 1.165) is 9.99 Å². The van der Waals surface area contributed by atoms with E-state index in [1.165, 1.54) is 0 Å². The molecule has 2 rings (SSSR count). The number of methoxy groups -OCH3 is 1. The summed E-state index contributed by atoms with van der Waals surface area (Å²) in [6.45, 7) is 2.16. The number of esters is 1. The summed E-state index contributed by atoms with van der Waals surface area (Å²) in [5, 5.41) is 0. The van der Waals surface area contributed by atoms with Crippen molar-refractivity contribution in [3.8, 4) is 5.75 Å². The van der Waals surface area contributed by atoms with Crippen LogP contribution in [0.3, 0.4) is 0 Å². The van der Waals surface area contributed by atoms with Crippen LogP contribution in [0.1, 0.15) is 17.3 Å². The average Bonchev–Trinajstić information content (AvgIpc) is 2.71. The maximum atomic E-state index is 11.6. The summed E-state index contributed by atoms with van der Waals surface area (Å²) in [6, 6.07) is 3.67. The van der Waals surface area contributed by atoms with Gasteiger partial charge in [-0.15, -0.1) is 0 Å². The molecule has 0 N–H and O–H groups in total. The van der Waals surface area contributed by atoms with E-state index >= 15 is 0 Å². The molecule has 0 amide bonds. The Labute approximate surface area is 107 Å². The monoisotopic (exact) mass is 297 g/mol. The van der Waals surface area contributed by atoms with Crippen LogP contribution in [0.2, 0.25) is 0 Å². The van der Waals surface area contributed by atoms with Crippen LogP contribution in [-0.4, -0.2) is 24.1 Å². The summed E-state index contributed by atoms with van der Waals surface area (Å²) in [6.07, 6.45) is 3.53. The van der Waals surface area contributed by atoms with Gasteiger partial charge in [0.25, 0.3) is 0 Å². The van der Waals surface area contributed by atoms with E-state index in [-0.39, 0.29) is 5.97 Å². The van der Waals surface area contributed by atoms with Crippen molar-refractivity contribution >= 4 is 27.4 Å². The summed E-state index contributed by atoms with van der Waals surface area (Å²) in [7, 11) is 1.60. The third-order valence-corrected chi connectivity index (χ3v) is 3.00. The third-order valence-electron chi connectivity index (χ3n) is 2.38. The highest BCUT2D eigenvalue weighted by Gasteiger charge is 2.11. The van der Waals surface area contributed by atoms with Crippen molar-refractivity contribution in [2.75, 3.05) is 13.7 Å². The summed E-state index contributed by atoms with van der Waals surface area (Å²) in [4.78, 5) is 11.6. The SMILES string of the molecule is CCOC(=O)c1cc2cc(Br)c(OC)cn2c1. The molecular formula is C12H12BrNO3. The molecule has 2 heterocycles. The number of nitrogens with zero attached hydrogens (tertiary/aromatic N) is 1. The molecule has 0 saturated carbocycles. The van der Waals surface area contributed by atoms with Crippen molar-refractivity contribution in [3.05, 3.63) is 34.6 Å². The van der Waals surface area contributed by atoms with Crippen LogP contribution in [-0.2, 0) is 4.74 Å². The van der Waals surface area contributed by atoms with E-state index in [4.69, 9.17) is 9.47 Å². The molecule has 0 saturated heterocycles. The molecule has 0 unspecified atom stereocenters. The fourth-order valence-electron chi connectivity index (χ4n) is 1.59. The average molecular weight is 298 g/mol. The summed E-state index contributed by atoms with van der Waals surface area (Å²) >= 11 is 3.40. The lowest BCUT2D eigenvalue weighted by atomic mass is 10.3. The Morgan fingerprint density at radius 2 is 2.18 bits per heavy atom. The second-order valence-corrected chi connectivity index (χ2v) is 4.33. The minimum Gasteiger partial charge on any atom is -0.494 e. The lowest BCUT2D eigenvalue weighted by molar-refractivity contribution is 0.0526. The van der Waals surface area contributed by atoms with Gasteiger partial charge >= 0.3 is 5.97 Å². The number of carbonyl (C=O) groups excluding carboxylic acids is 1. The number of carbonyl (C=O) groups is 1. The number of rotatable bonds is 3. The molecule has 0 spiro atoms. The molecule has 90 valence electrons. The van der Waals surface area contributed by atoms with Crippen molar-refractivity contribution in [1.29, 1.82) is 0 Å². The Balaban J connectivity index is 2.47.